The third kappa shape index (κ3) is 3.88. The fourth-order valence-electron chi connectivity index (χ4n) is 2.65. The van der Waals surface area contributed by atoms with E-state index in [1.807, 2.05) is 50.2 Å². The van der Waals surface area contributed by atoms with Gasteiger partial charge in [0, 0.05) is 24.0 Å². The summed E-state index contributed by atoms with van der Waals surface area (Å²) < 4.78 is 1.79. The second-order valence-corrected chi connectivity index (χ2v) is 6.46. The van der Waals surface area contributed by atoms with E-state index < -0.39 is 0 Å². The first kappa shape index (κ1) is 17.2. The molecule has 0 aliphatic carbocycles. The number of carbonyl (C=O) groups excluding carboxylic acids is 1. The maximum Gasteiger partial charge on any atom is 0.255 e. The largest absolute Gasteiger partial charge is 0.348 e. The normalized spacial score (nSPS) is 10.9. The summed E-state index contributed by atoms with van der Waals surface area (Å²) >= 11 is 5.96. The highest BCUT2D eigenvalue weighted by Crippen LogP contribution is 2.24. The van der Waals surface area contributed by atoms with Crippen LogP contribution in [0.1, 0.15) is 41.4 Å². The number of carbonyl (C=O) groups is 1. The number of amides is 1. The molecular formula is C19H19ClN4O. The van der Waals surface area contributed by atoms with Gasteiger partial charge in [-0.25, -0.2) is 4.68 Å². The fraction of sp³-hybridized carbons (Fsp3) is 0.211. The van der Waals surface area contributed by atoms with Crippen molar-refractivity contribution in [3.63, 3.8) is 0 Å². The quantitative estimate of drug-likeness (QED) is 0.754. The molecule has 0 aliphatic rings. The Morgan fingerprint density at radius 1 is 1.16 bits per heavy atom. The van der Waals surface area contributed by atoms with Crippen LogP contribution < -0.4 is 5.32 Å². The molecule has 0 aliphatic heterocycles. The van der Waals surface area contributed by atoms with E-state index in [9.17, 15) is 4.79 Å². The van der Waals surface area contributed by atoms with Gasteiger partial charge in [0.25, 0.3) is 5.91 Å². The molecule has 0 atom stereocenters. The highest BCUT2D eigenvalue weighted by atomic mass is 35.5. The van der Waals surface area contributed by atoms with Gasteiger partial charge in [-0.05, 0) is 47.9 Å². The van der Waals surface area contributed by atoms with Crippen molar-refractivity contribution in [3.05, 3.63) is 76.8 Å². The highest BCUT2D eigenvalue weighted by molar-refractivity contribution is 6.30. The molecule has 5 nitrogen and oxygen atoms in total. The van der Waals surface area contributed by atoms with Crippen LogP contribution in [0.15, 0.2) is 55.0 Å². The maximum atomic E-state index is 12.6. The number of nitrogens with one attached hydrogen (secondary N) is 1. The molecule has 0 spiro atoms. The zero-order valence-electron chi connectivity index (χ0n) is 14.1. The predicted molar refractivity (Wildman–Crippen MR) is 98.1 cm³/mol. The molecule has 0 saturated heterocycles. The van der Waals surface area contributed by atoms with Crippen molar-refractivity contribution in [1.82, 2.24) is 20.1 Å². The van der Waals surface area contributed by atoms with E-state index in [-0.39, 0.29) is 11.8 Å². The van der Waals surface area contributed by atoms with E-state index in [0.717, 1.165) is 16.9 Å². The number of nitrogens with zero attached hydrogens (tertiary/aromatic N) is 3. The minimum Gasteiger partial charge on any atom is -0.348 e. The number of hydrogen-bond acceptors (Lipinski definition) is 3. The van der Waals surface area contributed by atoms with Gasteiger partial charge in [0.2, 0.25) is 0 Å². The van der Waals surface area contributed by atoms with Crippen LogP contribution in [0.4, 0.5) is 0 Å². The zero-order valence-corrected chi connectivity index (χ0v) is 14.9. The molecule has 128 valence electrons. The Balaban J connectivity index is 1.86. The Morgan fingerprint density at radius 2 is 1.84 bits per heavy atom. The highest BCUT2D eigenvalue weighted by Gasteiger charge is 2.20. The van der Waals surface area contributed by atoms with Crippen molar-refractivity contribution >= 4 is 17.5 Å². The average molecular weight is 355 g/mol. The van der Waals surface area contributed by atoms with Gasteiger partial charge in [-0.3, -0.25) is 9.78 Å². The number of pyridine rings is 1. The van der Waals surface area contributed by atoms with Crippen LogP contribution in [0.3, 0.4) is 0 Å². The molecular weight excluding hydrogens is 336 g/mol. The number of benzene rings is 1. The zero-order chi connectivity index (χ0) is 17.8. The Hall–Kier alpha value is -2.66. The second kappa shape index (κ2) is 7.49. The van der Waals surface area contributed by atoms with Gasteiger partial charge in [-0.15, -0.1) is 0 Å². The first-order valence-corrected chi connectivity index (χ1v) is 8.45. The Labute approximate surface area is 151 Å². The number of halogens is 1. The van der Waals surface area contributed by atoms with Crippen LogP contribution in [0.25, 0.3) is 5.69 Å². The van der Waals surface area contributed by atoms with Gasteiger partial charge in [0.05, 0.1) is 23.1 Å². The molecule has 1 aromatic carbocycles. The van der Waals surface area contributed by atoms with Crippen molar-refractivity contribution in [1.29, 1.82) is 0 Å². The summed E-state index contributed by atoms with van der Waals surface area (Å²) in [5, 5.41) is 8.02. The minimum atomic E-state index is -0.138. The van der Waals surface area contributed by atoms with E-state index in [4.69, 9.17) is 11.6 Å². The molecule has 25 heavy (non-hydrogen) atoms. The van der Waals surface area contributed by atoms with Crippen LogP contribution in [0, 0.1) is 0 Å². The summed E-state index contributed by atoms with van der Waals surface area (Å²) in [5.74, 6) is 0.000536. The monoisotopic (exact) mass is 354 g/mol. The molecule has 6 heteroatoms. The predicted octanol–water partition coefficient (Wildman–Crippen LogP) is 3.97. The molecule has 0 fully saturated rings. The number of rotatable bonds is 5. The van der Waals surface area contributed by atoms with E-state index >= 15 is 0 Å². The molecule has 0 radical (unpaired) electrons. The van der Waals surface area contributed by atoms with Crippen molar-refractivity contribution < 1.29 is 4.79 Å². The molecule has 1 N–H and O–H groups in total. The molecule has 2 heterocycles. The summed E-state index contributed by atoms with van der Waals surface area (Å²) in [7, 11) is 0. The maximum absolute atomic E-state index is 12.6. The van der Waals surface area contributed by atoms with Crippen molar-refractivity contribution in [2.45, 2.75) is 26.3 Å². The van der Waals surface area contributed by atoms with E-state index in [0.29, 0.717) is 17.1 Å². The van der Waals surface area contributed by atoms with Crippen LogP contribution >= 0.6 is 11.6 Å². The Morgan fingerprint density at radius 3 is 2.48 bits per heavy atom. The van der Waals surface area contributed by atoms with Gasteiger partial charge >= 0.3 is 0 Å². The molecule has 2 aromatic heterocycles. The first-order valence-electron chi connectivity index (χ1n) is 8.07. The lowest BCUT2D eigenvalue weighted by molar-refractivity contribution is 0.0949. The van der Waals surface area contributed by atoms with Crippen LogP contribution in [0.2, 0.25) is 5.02 Å². The van der Waals surface area contributed by atoms with Crippen LogP contribution in [-0.4, -0.2) is 20.7 Å². The van der Waals surface area contributed by atoms with E-state index in [2.05, 4.69) is 15.4 Å². The minimum absolute atomic E-state index is 0.138. The molecule has 3 rings (SSSR count). The second-order valence-electron chi connectivity index (χ2n) is 6.02. The summed E-state index contributed by atoms with van der Waals surface area (Å²) in [6, 6.07) is 11.2. The van der Waals surface area contributed by atoms with Crippen molar-refractivity contribution in [2.75, 3.05) is 0 Å². The molecule has 0 bridgehead atoms. The molecule has 0 unspecified atom stereocenters. The lowest BCUT2D eigenvalue weighted by Crippen LogP contribution is -2.24. The Bertz CT molecular complexity index is 857. The third-order valence-corrected chi connectivity index (χ3v) is 4.12. The van der Waals surface area contributed by atoms with E-state index in [1.165, 1.54) is 0 Å². The molecule has 1 amide bonds. The summed E-state index contributed by atoms with van der Waals surface area (Å²) in [6.07, 6.45) is 5.03. The molecule has 3 aromatic rings. The first-order chi connectivity index (χ1) is 12.1. The summed E-state index contributed by atoms with van der Waals surface area (Å²) in [6.45, 7) is 4.54. The number of aromatic nitrogens is 3. The van der Waals surface area contributed by atoms with Gasteiger partial charge in [-0.1, -0.05) is 25.4 Å². The van der Waals surface area contributed by atoms with Crippen molar-refractivity contribution in [2.24, 2.45) is 0 Å². The standard InChI is InChI=1S/C19H19ClN4O/c1-13(2)18-17(19(25)22-11-14-7-9-21-10-8-14)12-23-24(18)16-5-3-15(20)4-6-16/h3-10,12-13H,11H2,1-2H3,(H,22,25). The van der Waals surface area contributed by atoms with Gasteiger partial charge < -0.3 is 5.32 Å². The SMILES string of the molecule is CC(C)c1c(C(=O)NCc2ccncc2)cnn1-c1ccc(Cl)cc1. The molecule has 0 saturated carbocycles. The number of hydrogen-bond donors (Lipinski definition) is 1. The van der Waals surface area contributed by atoms with Crippen LogP contribution in [0.5, 0.6) is 0 Å². The summed E-state index contributed by atoms with van der Waals surface area (Å²) in [5.41, 5.74) is 3.33. The third-order valence-electron chi connectivity index (χ3n) is 3.87. The van der Waals surface area contributed by atoms with Crippen LogP contribution in [-0.2, 0) is 6.54 Å². The summed E-state index contributed by atoms with van der Waals surface area (Å²) in [4.78, 5) is 16.6. The average Bonchev–Trinajstić information content (AvgIpc) is 3.06. The van der Waals surface area contributed by atoms with Crippen molar-refractivity contribution in [3.8, 4) is 5.69 Å². The lowest BCUT2D eigenvalue weighted by atomic mass is 10.0. The fourth-order valence-corrected chi connectivity index (χ4v) is 2.78. The van der Waals surface area contributed by atoms with Gasteiger partial charge in [0.1, 0.15) is 0 Å². The topological polar surface area (TPSA) is 59.8 Å². The van der Waals surface area contributed by atoms with Gasteiger partial charge in [0.15, 0.2) is 0 Å². The van der Waals surface area contributed by atoms with Gasteiger partial charge in [-0.2, -0.15) is 5.10 Å². The van der Waals surface area contributed by atoms with E-state index in [1.54, 1.807) is 23.3 Å². The smallest absolute Gasteiger partial charge is 0.255 e. The lowest BCUT2D eigenvalue weighted by Gasteiger charge is -2.13. The Kier molecular flexibility index (Phi) is 5.14.